The molecule has 0 amide bonds. The zero-order valence-electron chi connectivity index (χ0n) is 19.3. The summed E-state index contributed by atoms with van der Waals surface area (Å²) >= 11 is 0. The third kappa shape index (κ3) is 5.23. The van der Waals surface area contributed by atoms with Crippen LogP contribution in [0.5, 0.6) is 5.75 Å². The second-order valence-corrected chi connectivity index (χ2v) is 10.3. The zero-order valence-corrected chi connectivity index (χ0v) is 19.3. The summed E-state index contributed by atoms with van der Waals surface area (Å²) in [6.07, 6.45) is 7.79. The van der Waals surface area contributed by atoms with Gasteiger partial charge in [0.2, 0.25) is 0 Å². The van der Waals surface area contributed by atoms with Gasteiger partial charge in [0, 0.05) is 12.6 Å². The molecule has 2 unspecified atom stereocenters. The number of carboxylic acids is 1. The van der Waals surface area contributed by atoms with Crippen molar-refractivity contribution in [2.75, 3.05) is 13.1 Å². The Morgan fingerprint density at radius 2 is 1.84 bits per heavy atom. The highest BCUT2D eigenvalue weighted by atomic mass is 16.5. The van der Waals surface area contributed by atoms with Gasteiger partial charge < -0.3 is 9.84 Å². The number of benzene rings is 2. The van der Waals surface area contributed by atoms with Crippen molar-refractivity contribution in [3.05, 3.63) is 42.0 Å². The summed E-state index contributed by atoms with van der Waals surface area (Å²) in [5.41, 5.74) is 1.73. The Morgan fingerprint density at radius 3 is 2.55 bits per heavy atom. The van der Waals surface area contributed by atoms with Crippen molar-refractivity contribution in [1.82, 2.24) is 4.90 Å². The molecule has 2 atom stereocenters. The quantitative estimate of drug-likeness (QED) is 0.581. The SMILES string of the molecule is CCC(c1ccc2cc(OC3CCC(C)(C)CC3)ccc2c1)N1CCCC(C(=O)O)C1. The monoisotopic (exact) mass is 423 g/mol. The van der Waals surface area contributed by atoms with Gasteiger partial charge in [-0.05, 0) is 91.4 Å². The van der Waals surface area contributed by atoms with E-state index < -0.39 is 5.97 Å². The lowest BCUT2D eigenvalue weighted by Gasteiger charge is -2.37. The second kappa shape index (κ2) is 9.20. The van der Waals surface area contributed by atoms with Gasteiger partial charge in [-0.15, -0.1) is 0 Å². The highest BCUT2D eigenvalue weighted by Crippen LogP contribution is 2.37. The van der Waals surface area contributed by atoms with E-state index in [1.807, 2.05) is 0 Å². The molecule has 2 fully saturated rings. The van der Waals surface area contributed by atoms with Gasteiger partial charge in [0.05, 0.1) is 12.0 Å². The van der Waals surface area contributed by atoms with Gasteiger partial charge in [0.1, 0.15) is 5.75 Å². The highest BCUT2D eigenvalue weighted by molar-refractivity contribution is 5.84. The molecule has 0 radical (unpaired) electrons. The number of rotatable bonds is 6. The number of ether oxygens (including phenoxy) is 1. The number of carboxylic acid groups (broad SMARTS) is 1. The number of piperidine rings is 1. The fourth-order valence-electron chi connectivity index (χ4n) is 5.40. The van der Waals surface area contributed by atoms with E-state index in [2.05, 4.69) is 62.1 Å². The summed E-state index contributed by atoms with van der Waals surface area (Å²) in [6.45, 7) is 8.53. The summed E-state index contributed by atoms with van der Waals surface area (Å²) in [6, 6.07) is 13.4. The van der Waals surface area contributed by atoms with Crippen molar-refractivity contribution in [3.8, 4) is 5.75 Å². The van der Waals surface area contributed by atoms with Crippen LogP contribution in [0, 0.1) is 11.3 Å². The van der Waals surface area contributed by atoms with Crippen LogP contribution < -0.4 is 4.74 Å². The average Bonchev–Trinajstić information content (AvgIpc) is 2.76. The van der Waals surface area contributed by atoms with Gasteiger partial charge in [-0.1, -0.05) is 39.0 Å². The lowest BCUT2D eigenvalue weighted by molar-refractivity contribution is -0.144. The molecule has 168 valence electrons. The molecule has 0 spiro atoms. The van der Waals surface area contributed by atoms with Crippen molar-refractivity contribution >= 4 is 16.7 Å². The standard InChI is InChI=1S/C27H37NO3/c1-4-25(28-15-5-6-22(18-28)26(29)30)21-8-7-20-17-24(10-9-19(20)16-21)31-23-11-13-27(2,3)14-12-23/h7-10,16-17,22-23,25H,4-6,11-15,18H2,1-3H3,(H,29,30). The fourth-order valence-corrected chi connectivity index (χ4v) is 5.40. The number of hydrogen-bond donors (Lipinski definition) is 1. The van der Waals surface area contributed by atoms with Crippen molar-refractivity contribution in [2.45, 2.75) is 77.9 Å². The topological polar surface area (TPSA) is 49.8 Å². The van der Waals surface area contributed by atoms with Crippen LogP contribution in [0.15, 0.2) is 36.4 Å². The minimum Gasteiger partial charge on any atom is -0.490 e. The normalized spacial score (nSPS) is 23.5. The Kier molecular flexibility index (Phi) is 6.57. The Labute approximate surface area is 186 Å². The Bertz CT molecular complexity index is 912. The van der Waals surface area contributed by atoms with Gasteiger partial charge >= 0.3 is 5.97 Å². The van der Waals surface area contributed by atoms with Crippen LogP contribution in [0.2, 0.25) is 0 Å². The minimum atomic E-state index is -0.660. The second-order valence-electron chi connectivity index (χ2n) is 10.3. The molecule has 1 N–H and O–H groups in total. The Morgan fingerprint density at radius 1 is 1.13 bits per heavy atom. The van der Waals surface area contributed by atoms with Crippen molar-refractivity contribution in [1.29, 1.82) is 0 Å². The van der Waals surface area contributed by atoms with Gasteiger partial charge in [0.25, 0.3) is 0 Å². The molecule has 1 heterocycles. The maximum atomic E-state index is 11.5. The number of fused-ring (bicyclic) bond motifs is 1. The fraction of sp³-hybridized carbons (Fsp3) is 0.593. The highest BCUT2D eigenvalue weighted by Gasteiger charge is 2.30. The van der Waals surface area contributed by atoms with Gasteiger partial charge in [0.15, 0.2) is 0 Å². The van der Waals surface area contributed by atoms with Crippen LogP contribution in [0.4, 0.5) is 0 Å². The van der Waals surface area contributed by atoms with E-state index in [1.165, 1.54) is 29.2 Å². The maximum Gasteiger partial charge on any atom is 0.307 e. The first-order chi connectivity index (χ1) is 14.8. The largest absolute Gasteiger partial charge is 0.490 e. The van der Waals surface area contributed by atoms with Crippen molar-refractivity contribution in [2.24, 2.45) is 11.3 Å². The molecular weight excluding hydrogens is 386 g/mol. The van der Waals surface area contributed by atoms with E-state index in [4.69, 9.17) is 4.74 Å². The molecule has 4 rings (SSSR count). The summed E-state index contributed by atoms with van der Waals surface area (Å²) in [5.74, 6) is 0.0674. The molecule has 1 saturated heterocycles. The Balaban J connectivity index is 1.47. The zero-order chi connectivity index (χ0) is 22.0. The first-order valence-electron chi connectivity index (χ1n) is 12.0. The maximum absolute atomic E-state index is 11.5. The van der Waals surface area contributed by atoms with Crippen LogP contribution in [0.1, 0.15) is 77.3 Å². The number of nitrogens with zero attached hydrogens (tertiary/aromatic N) is 1. The molecule has 2 aromatic carbocycles. The molecule has 0 aromatic heterocycles. The van der Waals surface area contributed by atoms with E-state index in [0.29, 0.717) is 18.1 Å². The third-order valence-electron chi connectivity index (χ3n) is 7.44. The summed E-state index contributed by atoms with van der Waals surface area (Å²) < 4.78 is 6.32. The number of hydrogen-bond acceptors (Lipinski definition) is 3. The molecular formula is C27H37NO3. The van der Waals surface area contributed by atoms with Crippen molar-refractivity contribution < 1.29 is 14.6 Å². The predicted molar refractivity (Wildman–Crippen MR) is 126 cm³/mol. The van der Waals surface area contributed by atoms with E-state index in [9.17, 15) is 9.90 Å². The van der Waals surface area contributed by atoms with Crippen molar-refractivity contribution in [3.63, 3.8) is 0 Å². The number of likely N-dealkylation sites (tertiary alicyclic amines) is 1. The van der Waals surface area contributed by atoms with Crippen LogP contribution in [-0.4, -0.2) is 35.2 Å². The van der Waals surface area contributed by atoms with Crippen LogP contribution >= 0.6 is 0 Å². The molecule has 2 aromatic rings. The molecule has 1 aliphatic heterocycles. The molecule has 31 heavy (non-hydrogen) atoms. The summed E-state index contributed by atoms with van der Waals surface area (Å²) in [4.78, 5) is 13.9. The Hall–Kier alpha value is -2.07. The number of aliphatic carboxylic acids is 1. The predicted octanol–water partition coefficient (Wildman–Crippen LogP) is 6.44. The lowest BCUT2D eigenvalue weighted by atomic mass is 9.76. The molecule has 0 bridgehead atoms. The summed E-state index contributed by atoms with van der Waals surface area (Å²) in [5, 5.41) is 11.9. The van der Waals surface area contributed by atoms with Crippen LogP contribution in [0.3, 0.4) is 0 Å². The van der Waals surface area contributed by atoms with Gasteiger partial charge in [-0.2, -0.15) is 0 Å². The molecule has 4 nitrogen and oxygen atoms in total. The summed E-state index contributed by atoms with van der Waals surface area (Å²) in [7, 11) is 0. The van der Waals surface area contributed by atoms with E-state index in [-0.39, 0.29) is 12.0 Å². The molecule has 2 aliphatic rings. The van der Waals surface area contributed by atoms with E-state index in [1.54, 1.807) is 0 Å². The first-order valence-corrected chi connectivity index (χ1v) is 12.0. The number of carbonyl (C=O) groups is 1. The minimum absolute atomic E-state index is 0.242. The smallest absolute Gasteiger partial charge is 0.307 e. The molecule has 1 saturated carbocycles. The van der Waals surface area contributed by atoms with E-state index in [0.717, 1.165) is 44.4 Å². The lowest BCUT2D eigenvalue weighted by Crippen LogP contribution is -2.40. The van der Waals surface area contributed by atoms with E-state index >= 15 is 0 Å². The first kappa shape index (κ1) is 22.1. The molecule has 1 aliphatic carbocycles. The van der Waals surface area contributed by atoms with Gasteiger partial charge in [-0.3, -0.25) is 9.69 Å². The average molecular weight is 424 g/mol. The third-order valence-corrected chi connectivity index (χ3v) is 7.44. The van der Waals surface area contributed by atoms with Crippen LogP contribution in [0.25, 0.3) is 10.8 Å². The molecule has 4 heteroatoms. The van der Waals surface area contributed by atoms with Gasteiger partial charge in [-0.25, -0.2) is 0 Å². The van der Waals surface area contributed by atoms with Crippen LogP contribution in [-0.2, 0) is 4.79 Å².